The molecule has 0 aliphatic rings. The molecule has 0 fully saturated rings. The van der Waals surface area contributed by atoms with Gasteiger partial charge in [-0.3, -0.25) is 10.4 Å². The molecule has 0 saturated heterocycles. The van der Waals surface area contributed by atoms with E-state index in [1.807, 2.05) is 0 Å². The molecule has 3 nitrogen and oxygen atoms in total. The fourth-order valence-corrected chi connectivity index (χ4v) is 0.859. The first-order chi connectivity index (χ1) is 6.04. The molecule has 0 atom stereocenters. The minimum absolute atomic E-state index is 0.0653. The van der Waals surface area contributed by atoms with Crippen LogP contribution in [0.25, 0.3) is 0 Å². The average molecular weight is 185 g/mol. The Hall–Kier alpha value is -1.49. The van der Waals surface area contributed by atoms with E-state index >= 15 is 0 Å². The molecule has 0 bridgehead atoms. The van der Waals surface area contributed by atoms with E-state index in [-0.39, 0.29) is 11.5 Å². The minimum Gasteiger partial charge on any atom is -0.287 e. The topological polar surface area (TPSA) is 53.1 Å². The largest absolute Gasteiger partial charge is 0.287 e. The fourth-order valence-electron chi connectivity index (χ4n) is 0.859. The quantitative estimate of drug-likeness (QED) is 0.302. The Balaban J connectivity index is 3.15. The van der Waals surface area contributed by atoms with Crippen LogP contribution in [-0.2, 0) is 0 Å². The summed E-state index contributed by atoms with van der Waals surface area (Å²) < 4.78 is 25.7. The summed E-state index contributed by atoms with van der Waals surface area (Å²) in [6.07, 6.45) is 0. The average Bonchev–Trinajstić information content (AvgIpc) is 2.08. The van der Waals surface area contributed by atoms with Crippen molar-refractivity contribution in [3.63, 3.8) is 0 Å². The number of hydrogen-bond donors (Lipinski definition) is 2. The Morgan fingerprint density at radius 2 is 2.08 bits per heavy atom. The van der Waals surface area contributed by atoms with Crippen LogP contribution in [-0.4, -0.2) is 5.84 Å². The van der Waals surface area contributed by atoms with Crippen molar-refractivity contribution in [2.75, 3.05) is 5.01 Å². The number of nitrogens with two attached hydrogens (primary N) is 1. The maximum absolute atomic E-state index is 13.0. The normalized spacial score (nSPS) is 9.85. The number of nitrogens with one attached hydrogen (secondary N) is 1. The van der Waals surface area contributed by atoms with Crippen molar-refractivity contribution in [1.29, 1.82) is 5.41 Å². The highest BCUT2D eigenvalue weighted by atomic mass is 19.2. The van der Waals surface area contributed by atoms with Crippen molar-refractivity contribution < 1.29 is 8.78 Å². The van der Waals surface area contributed by atoms with Gasteiger partial charge in [0.15, 0.2) is 11.6 Å². The summed E-state index contributed by atoms with van der Waals surface area (Å²) >= 11 is 0. The van der Waals surface area contributed by atoms with Crippen molar-refractivity contribution in [2.24, 2.45) is 5.84 Å². The van der Waals surface area contributed by atoms with Crippen molar-refractivity contribution in [2.45, 2.75) is 6.92 Å². The van der Waals surface area contributed by atoms with Gasteiger partial charge in [0.2, 0.25) is 0 Å². The van der Waals surface area contributed by atoms with Gasteiger partial charge in [0.05, 0.1) is 5.69 Å². The number of benzene rings is 1. The number of nitrogens with zero attached hydrogens (tertiary/aromatic N) is 1. The Morgan fingerprint density at radius 3 is 2.62 bits per heavy atom. The van der Waals surface area contributed by atoms with Crippen LogP contribution >= 0.6 is 0 Å². The lowest BCUT2D eigenvalue weighted by Crippen LogP contribution is -2.35. The predicted octanol–water partition coefficient (Wildman–Crippen LogP) is 1.64. The Morgan fingerprint density at radius 1 is 1.46 bits per heavy atom. The first-order valence-electron chi connectivity index (χ1n) is 3.58. The Bertz CT molecular complexity index is 338. The standard InChI is InChI=1S/C8H9F2N3/c1-5(11)13(12)7-4-2-3-6(9)8(7)10/h2-4,11H,12H2,1H3. The SMILES string of the molecule is CC(=N)N(N)c1cccc(F)c1F. The molecule has 1 aromatic carbocycles. The van der Waals surface area contributed by atoms with Crippen LogP contribution in [0.2, 0.25) is 0 Å². The lowest BCUT2D eigenvalue weighted by atomic mass is 10.3. The smallest absolute Gasteiger partial charge is 0.183 e. The number of halogens is 2. The van der Waals surface area contributed by atoms with E-state index in [0.717, 1.165) is 11.1 Å². The van der Waals surface area contributed by atoms with E-state index in [2.05, 4.69) is 0 Å². The van der Waals surface area contributed by atoms with Gasteiger partial charge in [-0.1, -0.05) is 6.07 Å². The van der Waals surface area contributed by atoms with Crippen LogP contribution in [0, 0.1) is 17.0 Å². The van der Waals surface area contributed by atoms with E-state index in [1.165, 1.54) is 19.1 Å². The van der Waals surface area contributed by atoms with Crippen molar-refractivity contribution >= 4 is 11.5 Å². The number of rotatable bonds is 1. The molecule has 5 heteroatoms. The minimum atomic E-state index is -1.04. The molecule has 0 heterocycles. The van der Waals surface area contributed by atoms with Gasteiger partial charge in [0.25, 0.3) is 0 Å². The van der Waals surface area contributed by atoms with Gasteiger partial charge < -0.3 is 0 Å². The molecule has 0 unspecified atom stereocenters. The second-order valence-corrected chi connectivity index (χ2v) is 2.53. The third kappa shape index (κ3) is 1.81. The molecule has 0 aliphatic heterocycles. The van der Waals surface area contributed by atoms with Crippen molar-refractivity contribution in [3.05, 3.63) is 29.8 Å². The van der Waals surface area contributed by atoms with Gasteiger partial charge in [0, 0.05) is 0 Å². The van der Waals surface area contributed by atoms with E-state index in [4.69, 9.17) is 11.3 Å². The van der Waals surface area contributed by atoms with Gasteiger partial charge in [-0.25, -0.2) is 14.6 Å². The van der Waals surface area contributed by atoms with Gasteiger partial charge in [-0.15, -0.1) is 0 Å². The molecule has 0 saturated carbocycles. The van der Waals surface area contributed by atoms with Gasteiger partial charge in [-0.05, 0) is 19.1 Å². The maximum Gasteiger partial charge on any atom is 0.183 e. The summed E-state index contributed by atoms with van der Waals surface area (Å²) in [7, 11) is 0. The molecule has 0 aliphatic carbocycles. The lowest BCUT2D eigenvalue weighted by molar-refractivity contribution is 0.509. The van der Waals surface area contributed by atoms with Crippen LogP contribution in [0.1, 0.15) is 6.92 Å². The summed E-state index contributed by atoms with van der Waals surface area (Å²) in [5, 5.41) is 7.89. The molecule has 0 amide bonds. The fraction of sp³-hybridized carbons (Fsp3) is 0.125. The second kappa shape index (κ2) is 3.49. The molecule has 0 spiro atoms. The molecule has 3 N–H and O–H groups in total. The molecule has 0 aromatic heterocycles. The zero-order chi connectivity index (χ0) is 10.0. The van der Waals surface area contributed by atoms with Crippen LogP contribution in [0.3, 0.4) is 0 Å². The number of hydrazine groups is 1. The summed E-state index contributed by atoms with van der Waals surface area (Å²) in [4.78, 5) is 0. The number of anilines is 1. The third-order valence-electron chi connectivity index (χ3n) is 1.55. The number of amidine groups is 1. The molecule has 70 valence electrons. The molecule has 1 aromatic rings. The zero-order valence-electron chi connectivity index (χ0n) is 7.01. The monoisotopic (exact) mass is 185 g/mol. The van der Waals surface area contributed by atoms with Gasteiger partial charge >= 0.3 is 0 Å². The van der Waals surface area contributed by atoms with E-state index < -0.39 is 11.6 Å². The van der Waals surface area contributed by atoms with E-state index in [9.17, 15) is 8.78 Å². The molecule has 1 rings (SSSR count). The molecule has 0 radical (unpaired) electrons. The highest BCUT2D eigenvalue weighted by molar-refractivity contribution is 5.92. The predicted molar refractivity (Wildman–Crippen MR) is 46.4 cm³/mol. The van der Waals surface area contributed by atoms with Gasteiger partial charge in [0.1, 0.15) is 5.84 Å². The van der Waals surface area contributed by atoms with Crippen LogP contribution in [0.5, 0.6) is 0 Å². The molecule has 13 heavy (non-hydrogen) atoms. The summed E-state index contributed by atoms with van der Waals surface area (Å²) in [6.45, 7) is 1.38. The van der Waals surface area contributed by atoms with E-state index in [0.29, 0.717) is 0 Å². The summed E-state index contributed by atoms with van der Waals surface area (Å²) in [6, 6.07) is 3.62. The van der Waals surface area contributed by atoms with Crippen molar-refractivity contribution in [1.82, 2.24) is 0 Å². The van der Waals surface area contributed by atoms with Gasteiger partial charge in [-0.2, -0.15) is 0 Å². The summed E-state index contributed by atoms with van der Waals surface area (Å²) in [5.74, 6) is 3.22. The Labute approximate surface area is 74.2 Å². The van der Waals surface area contributed by atoms with E-state index in [1.54, 1.807) is 0 Å². The van der Waals surface area contributed by atoms with Crippen LogP contribution < -0.4 is 10.9 Å². The molecular formula is C8H9F2N3. The third-order valence-corrected chi connectivity index (χ3v) is 1.55. The summed E-state index contributed by atoms with van der Waals surface area (Å²) in [5.41, 5.74) is -0.146. The highest BCUT2D eigenvalue weighted by Crippen LogP contribution is 2.18. The second-order valence-electron chi connectivity index (χ2n) is 2.53. The molecular weight excluding hydrogens is 176 g/mol. The maximum atomic E-state index is 13.0. The van der Waals surface area contributed by atoms with Crippen LogP contribution in [0.15, 0.2) is 18.2 Å². The van der Waals surface area contributed by atoms with Crippen molar-refractivity contribution in [3.8, 4) is 0 Å². The van der Waals surface area contributed by atoms with Crippen LogP contribution in [0.4, 0.5) is 14.5 Å². The first kappa shape index (κ1) is 9.60. The number of hydrogen-bond acceptors (Lipinski definition) is 2. The Kier molecular flexibility index (Phi) is 2.57. The lowest BCUT2D eigenvalue weighted by Gasteiger charge is -2.17. The zero-order valence-corrected chi connectivity index (χ0v) is 7.01. The first-order valence-corrected chi connectivity index (χ1v) is 3.58. The highest BCUT2D eigenvalue weighted by Gasteiger charge is 2.12.